The summed E-state index contributed by atoms with van der Waals surface area (Å²) in [6.45, 7) is 0.498. The van der Waals surface area contributed by atoms with Crippen LogP contribution >= 0.6 is 0 Å². The Labute approximate surface area is 122 Å². The molecule has 1 aromatic rings. The second kappa shape index (κ2) is 5.35. The lowest BCUT2D eigenvalue weighted by Gasteiger charge is -2.24. The molecule has 1 aromatic carbocycles. The summed E-state index contributed by atoms with van der Waals surface area (Å²) < 4.78 is 13.3. The second-order valence-electron chi connectivity index (χ2n) is 5.67. The van der Waals surface area contributed by atoms with Crippen LogP contribution in [0.3, 0.4) is 0 Å². The third kappa shape index (κ3) is 2.84. The molecule has 5 nitrogen and oxygen atoms in total. The monoisotopic (exact) mass is 291 g/mol. The number of benzene rings is 1. The van der Waals surface area contributed by atoms with Crippen LogP contribution in [-0.2, 0) is 4.79 Å². The maximum Gasteiger partial charge on any atom is 0.256 e. The molecule has 2 fully saturated rings. The third-order valence-corrected chi connectivity index (χ3v) is 3.99. The molecule has 0 radical (unpaired) electrons. The Morgan fingerprint density at radius 2 is 2.05 bits per heavy atom. The van der Waals surface area contributed by atoms with E-state index in [9.17, 15) is 14.0 Å². The molecule has 1 heterocycles. The van der Waals surface area contributed by atoms with E-state index in [4.69, 9.17) is 5.73 Å². The van der Waals surface area contributed by atoms with Crippen molar-refractivity contribution in [3.8, 4) is 0 Å². The van der Waals surface area contributed by atoms with Gasteiger partial charge in [0, 0.05) is 18.3 Å². The summed E-state index contributed by atoms with van der Waals surface area (Å²) in [5, 5.41) is 2.92. The first-order valence-corrected chi connectivity index (χ1v) is 7.22. The average Bonchev–Trinajstić information content (AvgIpc) is 3.13. The lowest BCUT2D eigenvalue weighted by molar-refractivity contribution is -0.125. The molecule has 112 valence electrons. The molecule has 1 saturated carbocycles. The van der Waals surface area contributed by atoms with E-state index in [0.29, 0.717) is 13.0 Å². The molecule has 0 bridgehead atoms. The van der Waals surface area contributed by atoms with Gasteiger partial charge in [-0.2, -0.15) is 0 Å². The van der Waals surface area contributed by atoms with Gasteiger partial charge in [0.15, 0.2) is 0 Å². The van der Waals surface area contributed by atoms with Crippen LogP contribution in [0.5, 0.6) is 0 Å². The van der Waals surface area contributed by atoms with E-state index in [1.807, 2.05) is 0 Å². The lowest BCUT2D eigenvalue weighted by atomic mass is 10.1. The van der Waals surface area contributed by atoms with Gasteiger partial charge in [-0.1, -0.05) is 0 Å². The minimum Gasteiger partial charge on any atom is -0.398 e. The quantitative estimate of drug-likeness (QED) is 0.824. The molecule has 2 aliphatic rings. The summed E-state index contributed by atoms with van der Waals surface area (Å²) in [6, 6.07) is 3.51. The molecule has 2 amide bonds. The number of anilines is 1. The van der Waals surface area contributed by atoms with Crippen LogP contribution in [0.1, 0.15) is 36.0 Å². The van der Waals surface area contributed by atoms with Crippen molar-refractivity contribution < 1.29 is 14.0 Å². The molecule has 1 atom stereocenters. The van der Waals surface area contributed by atoms with E-state index < -0.39 is 11.9 Å². The molecule has 0 aromatic heterocycles. The number of nitrogens with two attached hydrogens (primary N) is 1. The van der Waals surface area contributed by atoms with Gasteiger partial charge in [-0.15, -0.1) is 0 Å². The second-order valence-corrected chi connectivity index (χ2v) is 5.67. The number of carbonyl (C=O) groups excluding carboxylic acids is 2. The predicted molar refractivity (Wildman–Crippen MR) is 76.0 cm³/mol. The largest absolute Gasteiger partial charge is 0.398 e. The smallest absolute Gasteiger partial charge is 0.256 e. The number of halogens is 1. The van der Waals surface area contributed by atoms with Crippen molar-refractivity contribution in [2.24, 2.45) is 0 Å². The summed E-state index contributed by atoms with van der Waals surface area (Å²) in [6.07, 6.45) is 3.41. The summed E-state index contributed by atoms with van der Waals surface area (Å²) in [5.74, 6) is -0.996. The highest BCUT2D eigenvalue weighted by Crippen LogP contribution is 2.25. The van der Waals surface area contributed by atoms with Crippen LogP contribution in [0.25, 0.3) is 0 Å². The summed E-state index contributed by atoms with van der Waals surface area (Å²) >= 11 is 0. The van der Waals surface area contributed by atoms with E-state index in [1.54, 1.807) is 0 Å². The van der Waals surface area contributed by atoms with Gasteiger partial charge in [0.2, 0.25) is 5.91 Å². The van der Waals surface area contributed by atoms with Crippen LogP contribution in [0.2, 0.25) is 0 Å². The molecule has 3 rings (SSSR count). The maximum atomic E-state index is 13.3. The van der Waals surface area contributed by atoms with Gasteiger partial charge in [0.1, 0.15) is 11.9 Å². The number of likely N-dealkylation sites (tertiary alicyclic amines) is 1. The fourth-order valence-corrected chi connectivity index (χ4v) is 2.68. The first kappa shape index (κ1) is 13.9. The highest BCUT2D eigenvalue weighted by atomic mass is 19.1. The molecule has 0 spiro atoms. The van der Waals surface area contributed by atoms with Gasteiger partial charge in [-0.05, 0) is 43.9 Å². The number of nitrogens with zero attached hydrogens (tertiary/aromatic N) is 1. The van der Waals surface area contributed by atoms with Crippen molar-refractivity contribution in [2.75, 3.05) is 12.3 Å². The Kier molecular flexibility index (Phi) is 3.53. The van der Waals surface area contributed by atoms with Crippen LogP contribution in [0.4, 0.5) is 10.1 Å². The molecule has 1 aliphatic heterocycles. The van der Waals surface area contributed by atoms with Crippen molar-refractivity contribution >= 4 is 17.5 Å². The number of nitrogen functional groups attached to an aromatic ring is 1. The lowest BCUT2D eigenvalue weighted by Crippen LogP contribution is -2.46. The zero-order chi connectivity index (χ0) is 15.0. The normalized spacial score (nSPS) is 21.4. The predicted octanol–water partition coefficient (Wildman–Crippen LogP) is 1.29. The van der Waals surface area contributed by atoms with Gasteiger partial charge in [-0.25, -0.2) is 4.39 Å². The van der Waals surface area contributed by atoms with E-state index in [-0.39, 0.29) is 29.1 Å². The Morgan fingerprint density at radius 3 is 2.76 bits per heavy atom. The van der Waals surface area contributed by atoms with Gasteiger partial charge in [-0.3, -0.25) is 9.59 Å². The number of hydrogen-bond acceptors (Lipinski definition) is 3. The number of nitrogens with one attached hydrogen (secondary N) is 1. The standard InChI is InChI=1S/C15H18FN3O2/c16-9-3-6-12(17)11(8-9)15(21)19-7-1-2-13(19)14(20)18-10-4-5-10/h3,6,8,10,13H,1-2,4-5,7,17H2,(H,18,20). The van der Waals surface area contributed by atoms with E-state index >= 15 is 0 Å². The van der Waals surface area contributed by atoms with Crippen molar-refractivity contribution in [3.05, 3.63) is 29.6 Å². The van der Waals surface area contributed by atoms with Crippen molar-refractivity contribution in [1.82, 2.24) is 10.2 Å². The SMILES string of the molecule is Nc1ccc(F)cc1C(=O)N1CCCC1C(=O)NC1CC1. The minimum atomic E-state index is -0.509. The molecule has 1 unspecified atom stereocenters. The average molecular weight is 291 g/mol. The van der Waals surface area contributed by atoms with Gasteiger partial charge >= 0.3 is 0 Å². The fourth-order valence-electron chi connectivity index (χ4n) is 2.68. The zero-order valence-electron chi connectivity index (χ0n) is 11.6. The van der Waals surface area contributed by atoms with E-state index in [2.05, 4.69) is 5.32 Å². The molecule has 1 saturated heterocycles. The van der Waals surface area contributed by atoms with Gasteiger partial charge in [0.05, 0.1) is 5.56 Å². The molecule has 6 heteroatoms. The Bertz CT molecular complexity index is 586. The Hall–Kier alpha value is -2.11. The van der Waals surface area contributed by atoms with Crippen molar-refractivity contribution in [2.45, 2.75) is 37.8 Å². The van der Waals surface area contributed by atoms with Crippen molar-refractivity contribution in [3.63, 3.8) is 0 Å². The highest BCUT2D eigenvalue weighted by molar-refractivity contribution is 6.01. The highest BCUT2D eigenvalue weighted by Gasteiger charge is 2.37. The van der Waals surface area contributed by atoms with Gasteiger partial charge in [0.25, 0.3) is 5.91 Å². The first-order valence-electron chi connectivity index (χ1n) is 7.22. The van der Waals surface area contributed by atoms with Crippen LogP contribution in [0, 0.1) is 5.82 Å². The molecule has 21 heavy (non-hydrogen) atoms. The molecular formula is C15H18FN3O2. The zero-order valence-corrected chi connectivity index (χ0v) is 11.6. The van der Waals surface area contributed by atoms with E-state index in [0.717, 1.165) is 25.3 Å². The number of amides is 2. The van der Waals surface area contributed by atoms with E-state index in [1.165, 1.54) is 17.0 Å². The summed E-state index contributed by atoms with van der Waals surface area (Å²) in [4.78, 5) is 26.2. The topological polar surface area (TPSA) is 75.4 Å². The molecule has 1 aliphatic carbocycles. The van der Waals surface area contributed by atoms with Crippen molar-refractivity contribution in [1.29, 1.82) is 0 Å². The molecular weight excluding hydrogens is 273 g/mol. The number of rotatable bonds is 3. The molecule has 3 N–H and O–H groups in total. The maximum absolute atomic E-state index is 13.3. The summed E-state index contributed by atoms with van der Waals surface area (Å²) in [5.41, 5.74) is 6.11. The minimum absolute atomic E-state index is 0.113. The van der Waals surface area contributed by atoms with Crippen LogP contribution in [-0.4, -0.2) is 35.3 Å². The Balaban J connectivity index is 1.78. The van der Waals surface area contributed by atoms with Gasteiger partial charge < -0.3 is 16.0 Å². The number of carbonyl (C=O) groups is 2. The van der Waals surface area contributed by atoms with Crippen LogP contribution < -0.4 is 11.1 Å². The first-order chi connectivity index (χ1) is 10.1. The number of hydrogen-bond donors (Lipinski definition) is 2. The third-order valence-electron chi connectivity index (χ3n) is 3.99. The fraction of sp³-hybridized carbons (Fsp3) is 0.467. The Morgan fingerprint density at radius 1 is 1.29 bits per heavy atom. The summed E-state index contributed by atoms with van der Waals surface area (Å²) in [7, 11) is 0. The van der Waals surface area contributed by atoms with Crippen LogP contribution in [0.15, 0.2) is 18.2 Å².